The maximum atomic E-state index is 12.0. The first kappa shape index (κ1) is 20.3. The summed E-state index contributed by atoms with van der Waals surface area (Å²) in [5, 5.41) is 0. The quantitative estimate of drug-likeness (QED) is 0.631. The zero-order valence-corrected chi connectivity index (χ0v) is 17.6. The summed E-state index contributed by atoms with van der Waals surface area (Å²) in [7, 11) is 0. The molecule has 29 heavy (non-hydrogen) atoms. The van der Waals surface area contributed by atoms with E-state index in [1.165, 1.54) is 18.1 Å². The van der Waals surface area contributed by atoms with Crippen LogP contribution in [0.1, 0.15) is 45.4 Å². The van der Waals surface area contributed by atoms with Crippen LogP contribution in [0.5, 0.6) is 0 Å². The Morgan fingerprint density at radius 3 is 3.00 bits per heavy atom. The smallest absolute Gasteiger partial charge is 0.159 e. The number of rotatable bonds is 6. The van der Waals surface area contributed by atoms with Crippen LogP contribution < -0.4 is 0 Å². The lowest BCUT2D eigenvalue weighted by Gasteiger charge is -2.29. The van der Waals surface area contributed by atoms with Crippen LogP contribution in [0.3, 0.4) is 0 Å². The van der Waals surface area contributed by atoms with Gasteiger partial charge in [0.2, 0.25) is 0 Å². The maximum Gasteiger partial charge on any atom is 0.159 e. The molecule has 2 heterocycles. The Morgan fingerprint density at radius 2 is 2.21 bits per heavy atom. The number of hydrogen-bond donors (Lipinski definition) is 0. The molecule has 0 aromatic carbocycles. The fourth-order valence-corrected chi connectivity index (χ4v) is 5.71. The highest BCUT2D eigenvalue weighted by Gasteiger charge is 2.57. The van der Waals surface area contributed by atoms with Crippen LogP contribution in [0, 0.1) is 23.7 Å². The van der Waals surface area contributed by atoms with Crippen molar-refractivity contribution in [3.8, 4) is 0 Å². The second-order valence-electron chi connectivity index (χ2n) is 9.01. The molecule has 0 radical (unpaired) electrons. The van der Waals surface area contributed by atoms with Crippen molar-refractivity contribution < 1.29 is 14.3 Å². The summed E-state index contributed by atoms with van der Waals surface area (Å²) in [6.45, 7) is 9.20. The number of fused-ring (bicyclic) bond motifs is 2. The van der Waals surface area contributed by atoms with Gasteiger partial charge in [0.15, 0.2) is 11.6 Å². The molecule has 4 nitrogen and oxygen atoms in total. The second-order valence-corrected chi connectivity index (χ2v) is 9.01. The number of allylic oxidation sites excluding steroid dienone is 6. The summed E-state index contributed by atoms with van der Waals surface area (Å²) in [6, 6.07) is 0. The standard InChI is InChI=1S/C25H33NO3/c1-3-20(28)8-6-12-26-13-10-22-24-19(16-26)11-14-29-23-15-18(17(2)27)7-4-5-9-21(23)25(22)24/h3-4,7,15,19,22,24-25H,1,5-6,8-14,16H2,2H3/b7-4-,18-15+,23-21-/t19-,22?,24?,25?/m0/s1. The Hall–Kier alpha value is -1.94. The molecule has 1 saturated heterocycles. The molecule has 4 heteroatoms. The number of ketones is 2. The van der Waals surface area contributed by atoms with Gasteiger partial charge in [-0.2, -0.15) is 0 Å². The average molecular weight is 396 g/mol. The number of ether oxygens (including phenoxy) is 1. The molecule has 0 aromatic heterocycles. The van der Waals surface area contributed by atoms with Gasteiger partial charge in [-0.1, -0.05) is 18.7 Å². The van der Waals surface area contributed by atoms with Gasteiger partial charge in [0.05, 0.1) is 6.61 Å². The number of carbonyl (C=O) groups excluding carboxylic acids is 2. The van der Waals surface area contributed by atoms with Crippen molar-refractivity contribution in [2.45, 2.75) is 45.4 Å². The summed E-state index contributed by atoms with van der Waals surface area (Å²) in [5.74, 6) is 4.07. The van der Waals surface area contributed by atoms with Gasteiger partial charge in [-0.15, -0.1) is 0 Å². The number of nitrogens with zero attached hydrogens (tertiary/aromatic N) is 1. The zero-order valence-electron chi connectivity index (χ0n) is 17.6. The largest absolute Gasteiger partial charge is 0.494 e. The van der Waals surface area contributed by atoms with E-state index in [1.54, 1.807) is 6.92 Å². The van der Waals surface area contributed by atoms with Gasteiger partial charge in [0.1, 0.15) is 5.76 Å². The summed E-state index contributed by atoms with van der Waals surface area (Å²) in [5.41, 5.74) is 2.22. The van der Waals surface area contributed by atoms with Crippen LogP contribution in [0.25, 0.3) is 0 Å². The first-order valence-corrected chi connectivity index (χ1v) is 11.2. The summed E-state index contributed by atoms with van der Waals surface area (Å²) >= 11 is 0. The molecular formula is C25H33NO3. The fraction of sp³-hybridized carbons (Fsp3) is 0.600. The summed E-state index contributed by atoms with van der Waals surface area (Å²) in [4.78, 5) is 26.0. The molecule has 0 amide bonds. The average Bonchev–Trinajstić information content (AvgIpc) is 3.40. The van der Waals surface area contributed by atoms with Crippen LogP contribution in [0.15, 0.2) is 47.8 Å². The Labute approximate surface area is 174 Å². The van der Waals surface area contributed by atoms with Crippen LogP contribution in [0.2, 0.25) is 0 Å². The minimum atomic E-state index is 0.106. The van der Waals surface area contributed by atoms with E-state index in [0.717, 1.165) is 75.1 Å². The Morgan fingerprint density at radius 1 is 1.34 bits per heavy atom. The summed E-state index contributed by atoms with van der Waals surface area (Å²) in [6.07, 6.45) is 13.4. The molecule has 2 aliphatic heterocycles. The molecule has 1 saturated carbocycles. The first-order chi connectivity index (χ1) is 14.1. The normalized spacial score (nSPS) is 36.9. The molecule has 4 aliphatic rings. The van der Waals surface area contributed by atoms with Gasteiger partial charge in [0.25, 0.3) is 0 Å². The van der Waals surface area contributed by atoms with E-state index >= 15 is 0 Å². The molecule has 2 aliphatic carbocycles. The third-order valence-corrected chi connectivity index (χ3v) is 7.21. The molecule has 2 fully saturated rings. The van der Waals surface area contributed by atoms with E-state index in [4.69, 9.17) is 4.74 Å². The number of carbonyl (C=O) groups is 2. The molecule has 3 unspecified atom stereocenters. The Balaban J connectivity index is 1.47. The van der Waals surface area contributed by atoms with Crippen molar-refractivity contribution in [1.29, 1.82) is 0 Å². The lowest BCUT2D eigenvalue weighted by Crippen LogP contribution is -2.32. The minimum absolute atomic E-state index is 0.106. The Bertz CT molecular complexity index is 775. The SMILES string of the molecule is C=CC(=O)CCCN1CCC2C3/C4=C(/C=C(C(C)=O)\C=C/CC4)OCC[C@@H](C1)C23. The lowest BCUT2D eigenvalue weighted by molar-refractivity contribution is -0.115. The fourth-order valence-electron chi connectivity index (χ4n) is 5.71. The summed E-state index contributed by atoms with van der Waals surface area (Å²) < 4.78 is 6.25. The van der Waals surface area contributed by atoms with Gasteiger partial charge in [-0.3, -0.25) is 9.59 Å². The van der Waals surface area contributed by atoms with E-state index in [-0.39, 0.29) is 11.6 Å². The van der Waals surface area contributed by atoms with Crippen molar-refractivity contribution in [3.05, 3.63) is 47.8 Å². The zero-order chi connectivity index (χ0) is 20.4. The van der Waals surface area contributed by atoms with E-state index < -0.39 is 0 Å². The van der Waals surface area contributed by atoms with E-state index in [9.17, 15) is 9.59 Å². The molecule has 0 bridgehead atoms. The van der Waals surface area contributed by atoms with E-state index in [1.807, 2.05) is 12.2 Å². The van der Waals surface area contributed by atoms with Crippen molar-refractivity contribution in [2.24, 2.45) is 23.7 Å². The first-order valence-electron chi connectivity index (χ1n) is 11.2. The maximum absolute atomic E-state index is 12.0. The number of Topliss-reactive ketones (excluding diaryl/α,β-unsaturated/α-hetero) is 1. The van der Waals surface area contributed by atoms with Crippen molar-refractivity contribution in [1.82, 2.24) is 4.90 Å². The molecule has 156 valence electrons. The van der Waals surface area contributed by atoms with Gasteiger partial charge in [0, 0.05) is 18.5 Å². The van der Waals surface area contributed by atoms with Crippen molar-refractivity contribution in [2.75, 3.05) is 26.2 Å². The molecule has 0 N–H and O–H groups in total. The third kappa shape index (κ3) is 4.48. The molecular weight excluding hydrogens is 362 g/mol. The van der Waals surface area contributed by atoms with Gasteiger partial charge < -0.3 is 9.64 Å². The van der Waals surface area contributed by atoms with Gasteiger partial charge >= 0.3 is 0 Å². The monoisotopic (exact) mass is 395 g/mol. The molecule has 4 rings (SSSR count). The molecule has 0 spiro atoms. The topological polar surface area (TPSA) is 46.6 Å². The predicted molar refractivity (Wildman–Crippen MR) is 114 cm³/mol. The van der Waals surface area contributed by atoms with Gasteiger partial charge in [-0.05, 0) is 93.5 Å². The third-order valence-electron chi connectivity index (χ3n) is 7.21. The van der Waals surface area contributed by atoms with Crippen molar-refractivity contribution in [3.63, 3.8) is 0 Å². The van der Waals surface area contributed by atoms with E-state index in [2.05, 4.69) is 17.6 Å². The van der Waals surface area contributed by atoms with Crippen LogP contribution in [-0.4, -0.2) is 42.7 Å². The van der Waals surface area contributed by atoms with Crippen molar-refractivity contribution >= 4 is 11.6 Å². The highest BCUT2D eigenvalue weighted by atomic mass is 16.5. The van der Waals surface area contributed by atoms with Crippen LogP contribution >= 0.6 is 0 Å². The lowest BCUT2D eigenvalue weighted by atomic mass is 9.91. The highest BCUT2D eigenvalue weighted by molar-refractivity contribution is 5.96. The highest BCUT2D eigenvalue weighted by Crippen LogP contribution is 2.61. The Kier molecular flexibility index (Phi) is 6.19. The minimum Gasteiger partial charge on any atom is -0.494 e. The number of hydrogen-bond acceptors (Lipinski definition) is 4. The molecule has 0 aromatic rings. The molecule has 4 atom stereocenters. The second kappa shape index (κ2) is 8.83. The number of likely N-dealkylation sites (tertiary alicyclic amines) is 1. The predicted octanol–water partition coefficient (Wildman–Crippen LogP) is 4.25. The van der Waals surface area contributed by atoms with Gasteiger partial charge in [-0.25, -0.2) is 0 Å². The van der Waals surface area contributed by atoms with Crippen LogP contribution in [-0.2, 0) is 14.3 Å². The van der Waals surface area contributed by atoms with E-state index in [0.29, 0.717) is 18.3 Å². The van der Waals surface area contributed by atoms with Crippen LogP contribution in [0.4, 0.5) is 0 Å².